The van der Waals surface area contributed by atoms with E-state index in [1.807, 2.05) is 54.6 Å². The Bertz CT molecular complexity index is 1220. The van der Waals surface area contributed by atoms with Gasteiger partial charge in [0, 0.05) is 5.69 Å². The number of anilines is 1. The number of amides is 1. The zero-order valence-electron chi connectivity index (χ0n) is 18.6. The fourth-order valence-electron chi connectivity index (χ4n) is 2.93. The van der Waals surface area contributed by atoms with Gasteiger partial charge < -0.3 is 10.1 Å². The quantitative estimate of drug-likeness (QED) is 0.215. The normalized spacial score (nSPS) is 11.0. The molecule has 0 aliphatic carbocycles. The zero-order valence-corrected chi connectivity index (χ0v) is 19.5. The van der Waals surface area contributed by atoms with E-state index < -0.39 is 0 Å². The molecule has 0 unspecified atom stereocenters. The molecule has 0 saturated carbocycles. The predicted octanol–water partition coefficient (Wildman–Crippen LogP) is 6.09. The minimum absolute atomic E-state index is 0.151. The summed E-state index contributed by atoms with van der Waals surface area (Å²) in [5.41, 5.74) is 3.42. The van der Waals surface area contributed by atoms with Crippen LogP contribution in [0.3, 0.4) is 0 Å². The van der Waals surface area contributed by atoms with Crippen molar-refractivity contribution in [2.45, 2.75) is 25.1 Å². The third-order valence-corrected chi connectivity index (χ3v) is 5.59. The molecule has 3 aromatic carbocycles. The maximum Gasteiger partial charge on any atom is 0.234 e. The molecular formula is C25H24N6O2S. The third-order valence-electron chi connectivity index (χ3n) is 4.74. The van der Waals surface area contributed by atoms with Gasteiger partial charge in [0.1, 0.15) is 12.4 Å². The van der Waals surface area contributed by atoms with Crippen LogP contribution in [0.1, 0.15) is 18.3 Å². The van der Waals surface area contributed by atoms with Gasteiger partial charge in [0.25, 0.3) is 0 Å². The van der Waals surface area contributed by atoms with Crippen LogP contribution in [-0.2, 0) is 17.8 Å². The largest absolute Gasteiger partial charge is 0.486 e. The third kappa shape index (κ3) is 7.01. The van der Waals surface area contributed by atoms with Gasteiger partial charge in [-0.3, -0.25) is 9.89 Å². The number of carbonyl (C=O) groups is 1. The second-order valence-electron chi connectivity index (χ2n) is 7.27. The van der Waals surface area contributed by atoms with Gasteiger partial charge in [0.15, 0.2) is 5.82 Å². The summed E-state index contributed by atoms with van der Waals surface area (Å²) in [6.45, 7) is 2.39. The first-order valence-corrected chi connectivity index (χ1v) is 11.8. The first kappa shape index (κ1) is 23.2. The second-order valence-corrected chi connectivity index (χ2v) is 8.21. The van der Waals surface area contributed by atoms with Gasteiger partial charge >= 0.3 is 0 Å². The topological polar surface area (TPSA) is 105 Å². The van der Waals surface area contributed by atoms with Crippen molar-refractivity contribution < 1.29 is 9.53 Å². The Labute approximate surface area is 201 Å². The smallest absolute Gasteiger partial charge is 0.234 e. The Hall–Kier alpha value is -3.98. The summed E-state index contributed by atoms with van der Waals surface area (Å²) in [5.74, 6) is 1.41. The number of aryl methyl sites for hydroxylation is 1. The fraction of sp³-hybridized carbons (Fsp3) is 0.160. The van der Waals surface area contributed by atoms with E-state index in [-0.39, 0.29) is 18.3 Å². The standard InChI is InChI=1S/C25H24N6O2S/c1-2-18-8-14-22(15-9-18)33-16-23-27-25(31-30-23)34-17-24(32)26-19-10-12-21(13-11-19)29-28-20-6-4-3-5-7-20/h3-15H,2,16-17H2,1H3,(H,26,32)(H,27,30,31). The molecule has 0 bridgehead atoms. The Balaban J connectivity index is 1.21. The lowest BCUT2D eigenvalue weighted by Crippen LogP contribution is -2.13. The number of hydrogen-bond acceptors (Lipinski definition) is 7. The van der Waals surface area contributed by atoms with E-state index in [0.29, 0.717) is 22.4 Å². The van der Waals surface area contributed by atoms with Crippen molar-refractivity contribution >= 4 is 34.7 Å². The lowest BCUT2D eigenvalue weighted by molar-refractivity contribution is -0.113. The molecular weight excluding hydrogens is 448 g/mol. The Morgan fingerprint density at radius 3 is 2.38 bits per heavy atom. The summed E-state index contributed by atoms with van der Waals surface area (Å²) in [6.07, 6.45) is 0.989. The molecule has 0 fully saturated rings. The molecule has 1 amide bonds. The van der Waals surface area contributed by atoms with Gasteiger partial charge in [-0.25, -0.2) is 4.98 Å². The predicted molar refractivity (Wildman–Crippen MR) is 133 cm³/mol. The number of thioether (sulfide) groups is 1. The van der Waals surface area contributed by atoms with Gasteiger partial charge in [-0.05, 0) is 60.5 Å². The monoisotopic (exact) mass is 472 g/mol. The van der Waals surface area contributed by atoms with Crippen LogP contribution in [0.2, 0.25) is 0 Å². The molecule has 0 atom stereocenters. The Morgan fingerprint density at radius 2 is 1.68 bits per heavy atom. The van der Waals surface area contributed by atoms with Crippen molar-refractivity contribution in [1.29, 1.82) is 0 Å². The maximum absolute atomic E-state index is 12.3. The molecule has 9 heteroatoms. The molecule has 2 N–H and O–H groups in total. The van der Waals surface area contributed by atoms with Crippen LogP contribution in [0.25, 0.3) is 0 Å². The molecule has 172 valence electrons. The number of hydrogen-bond donors (Lipinski definition) is 2. The summed E-state index contributed by atoms with van der Waals surface area (Å²) < 4.78 is 5.72. The zero-order chi connectivity index (χ0) is 23.6. The molecule has 0 aliphatic rings. The molecule has 1 heterocycles. The SMILES string of the molecule is CCc1ccc(OCc2nc(SCC(=O)Nc3ccc(N=Nc4ccccc4)cc3)n[nH]2)cc1. The number of rotatable bonds is 10. The van der Waals surface area contributed by atoms with E-state index >= 15 is 0 Å². The first-order chi connectivity index (χ1) is 16.7. The summed E-state index contributed by atoms with van der Waals surface area (Å²) in [7, 11) is 0. The summed E-state index contributed by atoms with van der Waals surface area (Å²) in [6, 6.07) is 24.6. The molecule has 34 heavy (non-hydrogen) atoms. The van der Waals surface area contributed by atoms with Gasteiger partial charge in [-0.1, -0.05) is 49.0 Å². The number of nitrogens with one attached hydrogen (secondary N) is 2. The van der Waals surface area contributed by atoms with Crippen LogP contribution in [0.4, 0.5) is 17.1 Å². The van der Waals surface area contributed by atoms with E-state index in [4.69, 9.17) is 4.74 Å². The van der Waals surface area contributed by atoms with E-state index in [1.165, 1.54) is 17.3 Å². The van der Waals surface area contributed by atoms with Gasteiger partial charge in [-0.2, -0.15) is 10.2 Å². The molecule has 0 radical (unpaired) electrons. The molecule has 4 rings (SSSR count). The van der Waals surface area contributed by atoms with E-state index in [0.717, 1.165) is 17.9 Å². The number of azo groups is 1. The fourth-order valence-corrected chi connectivity index (χ4v) is 3.55. The van der Waals surface area contributed by atoms with Crippen molar-refractivity contribution in [1.82, 2.24) is 15.2 Å². The second kappa shape index (κ2) is 11.8. The molecule has 0 aliphatic heterocycles. The van der Waals surface area contributed by atoms with Crippen molar-refractivity contribution in [3.8, 4) is 5.75 Å². The highest BCUT2D eigenvalue weighted by Crippen LogP contribution is 2.21. The van der Waals surface area contributed by atoms with Crippen molar-refractivity contribution in [3.63, 3.8) is 0 Å². The van der Waals surface area contributed by atoms with Crippen LogP contribution < -0.4 is 10.1 Å². The van der Waals surface area contributed by atoms with E-state index in [9.17, 15) is 4.79 Å². The number of aromatic nitrogens is 3. The first-order valence-electron chi connectivity index (χ1n) is 10.8. The van der Waals surface area contributed by atoms with Gasteiger partial charge in [0.2, 0.25) is 11.1 Å². The highest BCUT2D eigenvalue weighted by Gasteiger charge is 2.09. The van der Waals surface area contributed by atoms with Crippen LogP contribution in [0.5, 0.6) is 5.75 Å². The van der Waals surface area contributed by atoms with E-state index in [2.05, 4.69) is 37.7 Å². The highest BCUT2D eigenvalue weighted by molar-refractivity contribution is 7.99. The van der Waals surface area contributed by atoms with E-state index in [1.54, 1.807) is 24.3 Å². The number of nitrogens with zero attached hydrogens (tertiary/aromatic N) is 4. The van der Waals surface area contributed by atoms with Gasteiger partial charge in [0.05, 0.1) is 17.1 Å². The van der Waals surface area contributed by atoms with Crippen LogP contribution in [0, 0.1) is 0 Å². The van der Waals surface area contributed by atoms with Crippen LogP contribution >= 0.6 is 11.8 Å². The number of benzene rings is 3. The van der Waals surface area contributed by atoms with Crippen LogP contribution in [0.15, 0.2) is 94.2 Å². The Kier molecular flexibility index (Phi) is 8.02. The minimum Gasteiger partial charge on any atom is -0.486 e. The molecule has 4 aromatic rings. The summed E-state index contributed by atoms with van der Waals surface area (Å²) in [4.78, 5) is 16.7. The molecule has 8 nitrogen and oxygen atoms in total. The Morgan fingerprint density at radius 1 is 0.971 bits per heavy atom. The molecule has 0 saturated heterocycles. The maximum atomic E-state index is 12.3. The van der Waals surface area contributed by atoms with Crippen molar-refractivity contribution in [2.24, 2.45) is 10.2 Å². The highest BCUT2D eigenvalue weighted by atomic mass is 32.2. The lowest BCUT2D eigenvalue weighted by Gasteiger charge is -2.04. The number of carbonyl (C=O) groups excluding carboxylic acids is 1. The van der Waals surface area contributed by atoms with Gasteiger partial charge in [-0.15, -0.1) is 5.10 Å². The average molecular weight is 473 g/mol. The summed E-state index contributed by atoms with van der Waals surface area (Å²) in [5, 5.41) is 18.7. The lowest BCUT2D eigenvalue weighted by atomic mass is 10.2. The van der Waals surface area contributed by atoms with Crippen molar-refractivity contribution in [3.05, 3.63) is 90.3 Å². The number of ether oxygens (including phenoxy) is 1. The van der Waals surface area contributed by atoms with Crippen molar-refractivity contribution in [2.75, 3.05) is 11.1 Å². The summed E-state index contributed by atoms with van der Waals surface area (Å²) >= 11 is 1.25. The molecule has 1 aromatic heterocycles. The minimum atomic E-state index is -0.151. The molecule has 0 spiro atoms. The van der Waals surface area contributed by atoms with Crippen LogP contribution in [-0.4, -0.2) is 26.8 Å². The number of aromatic amines is 1. The average Bonchev–Trinajstić information content (AvgIpc) is 3.35. The number of H-pyrrole nitrogens is 1.